The Labute approximate surface area is 214 Å². The SMILES string of the molecule is CCOc1ccc(C2c3c(-c4ccc(OC)cc4)n[nH]c3C(=O)N2Cc2ccccc2Cl)cc1OC. The zero-order chi connectivity index (χ0) is 25.2. The van der Waals surface area contributed by atoms with E-state index in [9.17, 15) is 4.79 Å². The van der Waals surface area contributed by atoms with Crippen molar-refractivity contribution >= 4 is 17.5 Å². The summed E-state index contributed by atoms with van der Waals surface area (Å²) in [5.74, 6) is 1.85. The number of H-pyrrole nitrogens is 1. The number of aromatic amines is 1. The van der Waals surface area contributed by atoms with Crippen LogP contribution in [-0.4, -0.2) is 41.8 Å². The first-order valence-electron chi connectivity index (χ1n) is 11.6. The summed E-state index contributed by atoms with van der Waals surface area (Å²) in [7, 11) is 3.23. The number of hydrogen-bond donors (Lipinski definition) is 1. The first-order chi connectivity index (χ1) is 17.5. The number of nitrogens with one attached hydrogen (secondary N) is 1. The van der Waals surface area contributed by atoms with Gasteiger partial charge in [0.25, 0.3) is 5.91 Å². The van der Waals surface area contributed by atoms with Gasteiger partial charge in [-0.1, -0.05) is 35.9 Å². The molecule has 3 aromatic carbocycles. The van der Waals surface area contributed by atoms with Crippen molar-refractivity contribution in [2.75, 3.05) is 20.8 Å². The summed E-state index contributed by atoms with van der Waals surface area (Å²) in [6.07, 6.45) is 0. The van der Waals surface area contributed by atoms with E-state index in [0.717, 1.165) is 28.0 Å². The molecule has 1 unspecified atom stereocenters. The zero-order valence-corrected chi connectivity index (χ0v) is 21.0. The fraction of sp³-hybridized carbons (Fsp3) is 0.214. The molecule has 4 aromatic rings. The molecule has 0 spiro atoms. The van der Waals surface area contributed by atoms with Gasteiger partial charge in [-0.15, -0.1) is 0 Å². The summed E-state index contributed by atoms with van der Waals surface area (Å²) in [5.41, 5.74) is 4.60. The normalized spacial score (nSPS) is 14.6. The molecule has 1 aromatic heterocycles. The molecule has 184 valence electrons. The molecule has 0 bridgehead atoms. The van der Waals surface area contributed by atoms with Crippen molar-refractivity contribution in [3.05, 3.63) is 94.1 Å². The van der Waals surface area contributed by atoms with Gasteiger partial charge in [0.15, 0.2) is 11.5 Å². The van der Waals surface area contributed by atoms with Crippen molar-refractivity contribution in [3.63, 3.8) is 0 Å². The summed E-state index contributed by atoms with van der Waals surface area (Å²) in [6.45, 7) is 2.78. The van der Waals surface area contributed by atoms with Gasteiger partial charge >= 0.3 is 0 Å². The minimum atomic E-state index is -0.413. The lowest BCUT2D eigenvalue weighted by Crippen LogP contribution is -2.29. The van der Waals surface area contributed by atoms with Crippen LogP contribution < -0.4 is 14.2 Å². The summed E-state index contributed by atoms with van der Waals surface area (Å²) >= 11 is 6.48. The Kier molecular flexibility index (Phi) is 6.57. The van der Waals surface area contributed by atoms with Crippen molar-refractivity contribution in [3.8, 4) is 28.5 Å². The van der Waals surface area contributed by atoms with E-state index in [0.29, 0.717) is 41.1 Å². The van der Waals surface area contributed by atoms with E-state index in [1.165, 1.54) is 0 Å². The summed E-state index contributed by atoms with van der Waals surface area (Å²) in [4.78, 5) is 15.5. The molecular weight excluding hydrogens is 478 g/mol. The quantitative estimate of drug-likeness (QED) is 0.324. The number of carbonyl (C=O) groups excluding carboxylic acids is 1. The van der Waals surface area contributed by atoms with Gasteiger partial charge in [-0.2, -0.15) is 5.10 Å². The first kappa shape index (κ1) is 23.8. The highest BCUT2D eigenvalue weighted by Crippen LogP contribution is 2.45. The van der Waals surface area contributed by atoms with Crippen LogP contribution >= 0.6 is 11.6 Å². The van der Waals surface area contributed by atoms with Crippen LogP contribution in [0.1, 0.15) is 40.1 Å². The summed E-state index contributed by atoms with van der Waals surface area (Å²) in [5, 5.41) is 8.14. The second-order valence-corrected chi connectivity index (χ2v) is 8.77. The average molecular weight is 504 g/mol. The monoisotopic (exact) mass is 503 g/mol. The van der Waals surface area contributed by atoms with Crippen LogP contribution in [0.2, 0.25) is 5.02 Å². The number of hydrogen-bond acceptors (Lipinski definition) is 5. The molecule has 8 heteroatoms. The highest BCUT2D eigenvalue weighted by atomic mass is 35.5. The topological polar surface area (TPSA) is 76.7 Å². The van der Waals surface area contributed by atoms with Crippen molar-refractivity contribution < 1.29 is 19.0 Å². The molecule has 0 radical (unpaired) electrons. The van der Waals surface area contributed by atoms with Crippen LogP contribution in [-0.2, 0) is 6.54 Å². The van der Waals surface area contributed by atoms with Crippen LogP contribution in [0.4, 0.5) is 0 Å². The first-order valence-corrected chi connectivity index (χ1v) is 12.0. The standard InChI is InChI=1S/C28H26ClN3O4/c1-4-36-22-14-11-18(15-23(22)35-3)27-24-25(17-9-12-20(34-2)13-10-17)30-31-26(24)28(33)32(27)16-19-7-5-6-8-21(19)29/h5-15,27H,4,16H2,1-3H3,(H,30,31). The fourth-order valence-electron chi connectivity index (χ4n) is 4.61. The highest BCUT2D eigenvalue weighted by molar-refractivity contribution is 6.31. The molecule has 0 saturated heterocycles. The van der Waals surface area contributed by atoms with Gasteiger partial charge in [-0.05, 0) is 60.5 Å². The van der Waals surface area contributed by atoms with Crippen LogP contribution in [0, 0.1) is 0 Å². The number of halogens is 1. The molecule has 5 rings (SSSR count). The smallest absolute Gasteiger partial charge is 0.273 e. The fourth-order valence-corrected chi connectivity index (χ4v) is 4.81. The lowest BCUT2D eigenvalue weighted by molar-refractivity contribution is 0.0730. The Morgan fingerprint density at radius 2 is 1.78 bits per heavy atom. The van der Waals surface area contributed by atoms with Crippen molar-refractivity contribution in [2.45, 2.75) is 19.5 Å². The van der Waals surface area contributed by atoms with Gasteiger partial charge in [-0.25, -0.2) is 0 Å². The van der Waals surface area contributed by atoms with Gasteiger partial charge in [0.05, 0.1) is 32.6 Å². The van der Waals surface area contributed by atoms with E-state index in [1.807, 2.05) is 78.6 Å². The van der Waals surface area contributed by atoms with E-state index >= 15 is 0 Å². The Morgan fingerprint density at radius 3 is 2.47 bits per heavy atom. The molecule has 1 aliphatic heterocycles. The van der Waals surface area contributed by atoms with Gasteiger partial charge in [0, 0.05) is 22.7 Å². The largest absolute Gasteiger partial charge is 0.497 e. The number of benzene rings is 3. The van der Waals surface area contributed by atoms with Gasteiger partial charge in [0.1, 0.15) is 11.4 Å². The number of fused-ring (bicyclic) bond motifs is 1. The molecule has 1 aliphatic rings. The van der Waals surface area contributed by atoms with E-state index < -0.39 is 6.04 Å². The molecule has 2 heterocycles. The molecule has 0 saturated carbocycles. The maximum atomic E-state index is 13.7. The highest BCUT2D eigenvalue weighted by Gasteiger charge is 2.42. The molecule has 36 heavy (non-hydrogen) atoms. The second kappa shape index (κ2) is 9.95. The van der Waals surface area contributed by atoms with Gasteiger partial charge in [-0.3, -0.25) is 9.89 Å². The van der Waals surface area contributed by atoms with Gasteiger partial charge in [0.2, 0.25) is 0 Å². The lowest BCUT2D eigenvalue weighted by atomic mass is 9.95. The third-order valence-corrected chi connectivity index (χ3v) is 6.70. The molecule has 1 amide bonds. The zero-order valence-electron chi connectivity index (χ0n) is 20.2. The average Bonchev–Trinajstić information content (AvgIpc) is 3.45. The van der Waals surface area contributed by atoms with Crippen molar-refractivity contribution in [1.82, 2.24) is 15.1 Å². The molecule has 0 fully saturated rings. The van der Waals surface area contributed by atoms with E-state index in [4.69, 9.17) is 25.8 Å². The van der Waals surface area contributed by atoms with Crippen molar-refractivity contribution in [1.29, 1.82) is 0 Å². The number of methoxy groups -OCH3 is 2. The second-order valence-electron chi connectivity index (χ2n) is 8.36. The molecular formula is C28H26ClN3O4. The third kappa shape index (κ3) is 4.16. The minimum absolute atomic E-state index is 0.143. The Balaban J connectivity index is 1.65. The number of carbonyl (C=O) groups is 1. The number of ether oxygens (including phenoxy) is 3. The number of rotatable bonds is 8. The maximum Gasteiger partial charge on any atom is 0.273 e. The van der Waals surface area contributed by atoms with E-state index in [1.54, 1.807) is 14.2 Å². The van der Waals surface area contributed by atoms with E-state index in [2.05, 4.69) is 10.2 Å². The number of aromatic nitrogens is 2. The summed E-state index contributed by atoms with van der Waals surface area (Å²) < 4.78 is 16.7. The molecule has 7 nitrogen and oxygen atoms in total. The van der Waals surface area contributed by atoms with E-state index in [-0.39, 0.29) is 5.91 Å². The minimum Gasteiger partial charge on any atom is -0.497 e. The third-order valence-electron chi connectivity index (χ3n) is 6.33. The molecule has 1 atom stereocenters. The van der Waals surface area contributed by atoms with Crippen LogP contribution in [0.3, 0.4) is 0 Å². The Hall–Kier alpha value is -3.97. The van der Waals surface area contributed by atoms with Crippen LogP contribution in [0.5, 0.6) is 17.2 Å². The number of nitrogens with zero attached hydrogens (tertiary/aromatic N) is 2. The predicted molar refractivity (Wildman–Crippen MR) is 138 cm³/mol. The maximum absolute atomic E-state index is 13.7. The molecule has 0 aliphatic carbocycles. The van der Waals surface area contributed by atoms with Gasteiger partial charge < -0.3 is 19.1 Å². The van der Waals surface area contributed by atoms with Crippen LogP contribution in [0.25, 0.3) is 11.3 Å². The summed E-state index contributed by atoms with van der Waals surface area (Å²) in [6, 6.07) is 20.5. The molecule has 1 N–H and O–H groups in total. The van der Waals surface area contributed by atoms with Crippen LogP contribution in [0.15, 0.2) is 66.7 Å². The predicted octanol–water partition coefficient (Wildman–Crippen LogP) is 5.89. The van der Waals surface area contributed by atoms with Crippen molar-refractivity contribution in [2.24, 2.45) is 0 Å². The lowest BCUT2D eigenvalue weighted by Gasteiger charge is -2.27. The Bertz CT molecular complexity index is 1400. The number of amides is 1. The Morgan fingerprint density at radius 1 is 1.00 bits per heavy atom.